The van der Waals surface area contributed by atoms with Crippen LogP contribution in [-0.4, -0.2) is 7.11 Å². The molecule has 1 atom stereocenters. The van der Waals surface area contributed by atoms with Crippen molar-refractivity contribution in [1.29, 1.82) is 0 Å². The summed E-state index contributed by atoms with van der Waals surface area (Å²) in [6, 6.07) is 10.6. The number of rotatable bonds is 5. The van der Waals surface area contributed by atoms with Gasteiger partial charge in [0.05, 0.1) is 13.7 Å². The van der Waals surface area contributed by atoms with Crippen LogP contribution in [0.5, 0.6) is 5.75 Å². The second-order valence-electron chi connectivity index (χ2n) is 5.56. The topological polar surface area (TPSA) is 34.4 Å². The first kappa shape index (κ1) is 15.1. The van der Waals surface area contributed by atoms with Crippen molar-refractivity contribution in [3.05, 3.63) is 51.4 Å². The predicted molar refractivity (Wildman–Crippen MR) is 91.8 cm³/mol. The molecule has 0 aliphatic carbocycles. The summed E-state index contributed by atoms with van der Waals surface area (Å²) in [6.07, 6.45) is 0. The van der Waals surface area contributed by atoms with Crippen molar-refractivity contribution in [2.24, 2.45) is 0 Å². The first-order chi connectivity index (χ1) is 10.6. The number of ether oxygens (including phenoxy) is 1. The van der Waals surface area contributed by atoms with Crippen LogP contribution >= 0.6 is 11.3 Å². The van der Waals surface area contributed by atoms with Gasteiger partial charge in [0.25, 0.3) is 0 Å². The highest BCUT2D eigenvalue weighted by Gasteiger charge is 2.13. The molecule has 0 saturated carbocycles. The summed E-state index contributed by atoms with van der Waals surface area (Å²) in [4.78, 5) is 2.73. The first-order valence-electron chi connectivity index (χ1n) is 7.44. The fraction of sp³-hybridized carbons (Fsp3) is 0.333. The van der Waals surface area contributed by atoms with Gasteiger partial charge in [-0.1, -0.05) is 12.1 Å². The monoisotopic (exact) mass is 315 g/mol. The average molecular weight is 315 g/mol. The van der Waals surface area contributed by atoms with Gasteiger partial charge in [0.1, 0.15) is 5.76 Å². The van der Waals surface area contributed by atoms with E-state index < -0.39 is 0 Å². The SMILES string of the molecule is COc1cccc2cc(CNC(C)c3cc(C)sc3C)oc12. The summed E-state index contributed by atoms with van der Waals surface area (Å²) < 4.78 is 11.3. The summed E-state index contributed by atoms with van der Waals surface area (Å²) in [6.45, 7) is 7.22. The van der Waals surface area contributed by atoms with Crippen LogP contribution in [0.1, 0.15) is 34.0 Å². The van der Waals surface area contributed by atoms with Gasteiger partial charge in [-0.3, -0.25) is 0 Å². The van der Waals surface area contributed by atoms with E-state index in [1.54, 1.807) is 7.11 Å². The highest BCUT2D eigenvalue weighted by molar-refractivity contribution is 7.12. The molecule has 3 nitrogen and oxygen atoms in total. The van der Waals surface area contributed by atoms with Crippen LogP contribution in [0.2, 0.25) is 0 Å². The zero-order chi connectivity index (χ0) is 15.7. The molecule has 0 fully saturated rings. The van der Waals surface area contributed by atoms with E-state index in [9.17, 15) is 0 Å². The standard InChI is InChI=1S/C18H21NO2S/c1-11-8-16(13(3)22-11)12(2)19-10-15-9-14-6-5-7-17(20-4)18(14)21-15/h5-9,12,19H,10H2,1-4H3. The van der Waals surface area contributed by atoms with Crippen molar-refractivity contribution in [3.63, 3.8) is 0 Å². The Balaban J connectivity index is 1.75. The lowest BCUT2D eigenvalue weighted by Gasteiger charge is -2.12. The number of methoxy groups -OCH3 is 1. The predicted octanol–water partition coefficient (Wildman–Crippen LogP) is 4.97. The van der Waals surface area contributed by atoms with Crippen molar-refractivity contribution < 1.29 is 9.15 Å². The van der Waals surface area contributed by atoms with E-state index >= 15 is 0 Å². The molecule has 0 amide bonds. The van der Waals surface area contributed by atoms with Crippen LogP contribution < -0.4 is 10.1 Å². The molecule has 0 bridgehead atoms. The van der Waals surface area contributed by atoms with Gasteiger partial charge < -0.3 is 14.5 Å². The average Bonchev–Trinajstić information content (AvgIpc) is 3.06. The molecule has 4 heteroatoms. The Hall–Kier alpha value is -1.78. The molecule has 2 heterocycles. The minimum Gasteiger partial charge on any atom is -0.493 e. The number of para-hydroxylation sites is 1. The number of furan rings is 1. The van der Waals surface area contributed by atoms with Gasteiger partial charge in [-0.05, 0) is 44.5 Å². The fourth-order valence-electron chi connectivity index (χ4n) is 2.78. The third-order valence-electron chi connectivity index (χ3n) is 3.91. The van der Waals surface area contributed by atoms with Crippen LogP contribution in [0.25, 0.3) is 11.0 Å². The Morgan fingerprint density at radius 2 is 2.09 bits per heavy atom. The van der Waals surface area contributed by atoms with Crippen molar-refractivity contribution >= 4 is 22.3 Å². The van der Waals surface area contributed by atoms with Crippen LogP contribution in [0.4, 0.5) is 0 Å². The fourth-order valence-corrected chi connectivity index (χ4v) is 3.80. The largest absolute Gasteiger partial charge is 0.493 e. The molecule has 1 N–H and O–H groups in total. The maximum Gasteiger partial charge on any atom is 0.176 e. The quantitative estimate of drug-likeness (QED) is 0.722. The van der Waals surface area contributed by atoms with Gasteiger partial charge in [-0.15, -0.1) is 11.3 Å². The molecule has 1 aromatic carbocycles. The molecule has 0 aliphatic heterocycles. The van der Waals surface area contributed by atoms with Gasteiger partial charge >= 0.3 is 0 Å². The minimum absolute atomic E-state index is 0.306. The zero-order valence-corrected chi connectivity index (χ0v) is 14.2. The second-order valence-corrected chi connectivity index (χ2v) is 7.02. The van der Waals surface area contributed by atoms with Crippen LogP contribution in [0, 0.1) is 13.8 Å². The van der Waals surface area contributed by atoms with E-state index in [4.69, 9.17) is 9.15 Å². The van der Waals surface area contributed by atoms with Crippen molar-refractivity contribution in [2.75, 3.05) is 7.11 Å². The van der Waals surface area contributed by atoms with E-state index in [-0.39, 0.29) is 0 Å². The number of nitrogens with one attached hydrogen (secondary N) is 1. The summed E-state index contributed by atoms with van der Waals surface area (Å²) >= 11 is 1.85. The number of benzene rings is 1. The molecule has 22 heavy (non-hydrogen) atoms. The Kier molecular flexibility index (Phi) is 4.23. The number of hydrogen-bond acceptors (Lipinski definition) is 4. The molecular weight excluding hydrogens is 294 g/mol. The van der Waals surface area contributed by atoms with Crippen molar-refractivity contribution in [2.45, 2.75) is 33.4 Å². The highest BCUT2D eigenvalue weighted by atomic mass is 32.1. The lowest BCUT2D eigenvalue weighted by atomic mass is 10.1. The van der Waals surface area contributed by atoms with Gasteiger partial charge in [0, 0.05) is 21.2 Å². The summed E-state index contributed by atoms with van der Waals surface area (Å²) in [5.74, 6) is 1.71. The first-order valence-corrected chi connectivity index (χ1v) is 8.26. The van der Waals surface area contributed by atoms with Gasteiger partial charge in [0.15, 0.2) is 11.3 Å². The van der Waals surface area contributed by atoms with Gasteiger partial charge in [-0.25, -0.2) is 0 Å². The molecule has 3 rings (SSSR count). The Morgan fingerprint density at radius 3 is 2.77 bits per heavy atom. The molecule has 3 aromatic rings. The van der Waals surface area contributed by atoms with Crippen molar-refractivity contribution in [3.8, 4) is 5.75 Å². The highest BCUT2D eigenvalue weighted by Crippen LogP contribution is 2.29. The maximum absolute atomic E-state index is 5.93. The molecular formula is C18H21NO2S. The number of fused-ring (bicyclic) bond motifs is 1. The van der Waals surface area contributed by atoms with Crippen LogP contribution in [0.15, 0.2) is 34.7 Å². The van der Waals surface area contributed by atoms with Crippen LogP contribution in [0.3, 0.4) is 0 Å². The Labute approximate surface area is 134 Å². The lowest BCUT2D eigenvalue weighted by Crippen LogP contribution is -2.17. The summed E-state index contributed by atoms with van der Waals surface area (Å²) in [7, 11) is 1.67. The second kappa shape index (κ2) is 6.15. The van der Waals surface area contributed by atoms with E-state index in [1.807, 2.05) is 29.5 Å². The van der Waals surface area contributed by atoms with E-state index in [2.05, 4.69) is 38.2 Å². The zero-order valence-electron chi connectivity index (χ0n) is 13.4. The molecule has 0 saturated heterocycles. The molecule has 1 unspecified atom stereocenters. The molecule has 116 valence electrons. The Morgan fingerprint density at radius 1 is 1.27 bits per heavy atom. The summed E-state index contributed by atoms with van der Waals surface area (Å²) in [5, 5.41) is 4.62. The smallest absolute Gasteiger partial charge is 0.176 e. The molecule has 0 aliphatic rings. The maximum atomic E-state index is 5.93. The van der Waals surface area contributed by atoms with Crippen molar-refractivity contribution in [1.82, 2.24) is 5.32 Å². The van der Waals surface area contributed by atoms with Gasteiger partial charge in [-0.2, -0.15) is 0 Å². The molecule has 0 radical (unpaired) electrons. The number of aryl methyl sites for hydroxylation is 2. The summed E-state index contributed by atoms with van der Waals surface area (Å²) in [5.41, 5.74) is 2.19. The van der Waals surface area contributed by atoms with E-state index in [0.717, 1.165) is 22.5 Å². The third kappa shape index (κ3) is 2.89. The molecule has 0 spiro atoms. The van der Waals surface area contributed by atoms with E-state index in [0.29, 0.717) is 12.6 Å². The Bertz CT molecular complexity index is 788. The molecule has 2 aromatic heterocycles. The normalized spacial score (nSPS) is 12.7. The third-order valence-corrected chi connectivity index (χ3v) is 4.89. The van der Waals surface area contributed by atoms with E-state index in [1.165, 1.54) is 15.3 Å². The van der Waals surface area contributed by atoms with Crippen LogP contribution in [-0.2, 0) is 6.54 Å². The number of hydrogen-bond donors (Lipinski definition) is 1. The minimum atomic E-state index is 0.306. The lowest BCUT2D eigenvalue weighted by molar-refractivity contribution is 0.405. The number of thiophene rings is 1. The van der Waals surface area contributed by atoms with Gasteiger partial charge in [0.2, 0.25) is 0 Å².